The number of pyridine rings is 1. The Morgan fingerprint density at radius 2 is 1.71 bits per heavy atom. The number of hydrogen-bond donors (Lipinski definition) is 0. The van der Waals surface area contributed by atoms with Gasteiger partial charge in [-0.3, -0.25) is 4.98 Å². The van der Waals surface area contributed by atoms with Crippen molar-refractivity contribution in [2.45, 2.75) is 19.4 Å². The molecule has 0 fully saturated rings. The first-order valence-corrected chi connectivity index (χ1v) is 11.0. The largest absolute Gasteiger partial charge is 0.501 e. The molecule has 172 valence electrons. The van der Waals surface area contributed by atoms with E-state index in [0.29, 0.717) is 0 Å². The second-order valence-electron chi connectivity index (χ2n) is 8.64. The van der Waals surface area contributed by atoms with Gasteiger partial charge in [0.05, 0.1) is 11.3 Å². The minimum absolute atomic E-state index is 0. The van der Waals surface area contributed by atoms with Crippen LogP contribution in [0.25, 0.3) is 33.2 Å². The van der Waals surface area contributed by atoms with Gasteiger partial charge in [-0.25, -0.2) is 0 Å². The number of nitrogens with zero attached hydrogens (tertiary/aromatic N) is 3. The zero-order valence-electron chi connectivity index (χ0n) is 18.8. The fourth-order valence-corrected chi connectivity index (χ4v) is 4.30. The number of fused-ring (bicyclic) bond motifs is 3. The molecule has 2 aromatic heterocycles. The van der Waals surface area contributed by atoms with Crippen molar-refractivity contribution in [3.63, 3.8) is 0 Å². The normalized spacial score (nSPS) is 13.6. The first kappa shape index (κ1) is 22.4. The van der Waals surface area contributed by atoms with Crippen LogP contribution in [0, 0.1) is 18.8 Å². The third-order valence-corrected chi connectivity index (χ3v) is 6.22. The van der Waals surface area contributed by atoms with Gasteiger partial charge in [0.25, 0.3) is 0 Å². The Balaban J connectivity index is 0.00000241. The number of aromatic nitrogens is 1. The average Bonchev–Trinajstić information content (AvgIpc) is 3.50. The number of hydrogen-bond acceptors (Lipinski definition) is 4. The Kier molecular flexibility index (Phi) is 5.79. The van der Waals surface area contributed by atoms with E-state index in [0.717, 1.165) is 44.6 Å². The molecule has 0 amide bonds. The molecule has 34 heavy (non-hydrogen) atoms. The topological polar surface area (TPSA) is 32.5 Å². The van der Waals surface area contributed by atoms with Crippen molar-refractivity contribution in [2.24, 2.45) is 0 Å². The number of para-hydroxylation sites is 2. The molecule has 0 aliphatic carbocycles. The average molecular weight is 624 g/mol. The van der Waals surface area contributed by atoms with Crippen LogP contribution in [-0.2, 0) is 26.6 Å². The predicted molar refractivity (Wildman–Crippen MR) is 132 cm³/mol. The van der Waals surface area contributed by atoms with Crippen LogP contribution < -0.4 is 4.90 Å². The first-order valence-electron chi connectivity index (χ1n) is 11.0. The summed E-state index contributed by atoms with van der Waals surface area (Å²) in [7, 11) is 0. The fraction of sp³-hybridized carbons (Fsp3) is 0.103. The summed E-state index contributed by atoms with van der Waals surface area (Å²) in [6.07, 6.45) is 4.11. The van der Waals surface area contributed by atoms with Crippen LogP contribution in [0.4, 0.5) is 5.69 Å². The molecule has 3 aromatic carbocycles. The smallest absolute Gasteiger partial charge is 0.120 e. The SMILES string of the molecule is CC(C)(c1cccc(-c2[c-]ccc3c2oc2ccccc23)n1)N1C=CN(c2[c-]cccc2)[CH-]1.[Pt]. The molecule has 0 saturated heterocycles. The van der Waals surface area contributed by atoms with Crippen molar-refractivity contribution in [3.8, 4) is 11.3 Å². The summed E-state index contributed by atoms with van der Waals surface area (Å²) >= 11 is 0. The monoisotopic (exact) mass is 623 g/mol. The van der Waals surface area contributed by atoms with Gasteiger partial charge in [0, 0.05) is 32.0 Å². The summed E-state index contributed by atoms with van der Waals surface area (Å²) in [6, 6.07) is 32.8. The maximum atomic E-state index is 6.22. The summed E-state index contributed by atoms with van der Waals surface area (Å²) in [5.74, 6) is 0. The second kappa shape index (κ2) is 8.77. The molecule has 3 heterocycles. The van der Waals surface area contributed by atoms with Crippen LogP contribution in [0.1, 0.15) is 19.5 Å². The Labute approximate surface area is 213 Å². The quantitative estimate of drug-likeness (QED) is 0.204. The van der Waals surface area contributed by atoms with Crippen molar-refractivity contribution in [3.05, 3.63) is 116 Å². The zero-order chi connectivity index (χ0) is 22.4. The van der Waals surface area contributed by atoms with Crippen molar-refractivity contribution >= 4 is 27.6 Å². The van der Waals surface area contributed by atoms with E-state index >= 15 is 0 Å². The van der Waals surface area contributed by atoms with E-state index in [2.05, 4.69) is 72.9 Å². The summed E-state index contributed by atoms with van der Waals surface area (Å²) in [5.41, 5.74) is 5.02. The maximum Gasteiger partial charge on any atom is 0.120 e. The summed E-state index contributed by atoms with van der Waals surface area (Å²) in [6.45, 7) is 6.42. The third kappa shape index (κ3) is 3.72. The van der Waals surface area contributed by atoms with E-state index in [1.165, 1.54) is 0 Å². The van der Waals surface area contributed by atoms with Gasteiger partial charge < -0.3 is 14.2 Å². The Morgan fingerprint density at radius 3 is 2.56 bits per heavy atom. The Bertz CT molecular complexity index is 1490. The van der Waals surface area contributed by atoms with Gasteiger partial charge in [0.2, 0.25) is 0 Å². The van der Waals surface area contributed by atoms with Crippen LogP contribution in [-0.4, -0.2) is 9.88 Å². The number of benzene rings is 3. The molecule has 0 bridgehead atoms. The fourth-order valence-electron chi connectivity index (χ4n) is 4.30. The van der Waals surface area contributed by atoms with Gasteiger partial charge in [0.15, 0.2) is 0 Å². The van der Waals surface area contributed by atoms with Gasteiger partial charge in [-0.05, 0) is 44.1 Å². The molecule has 0 N–H and O–H groups in total. The molecule has 6 rings (SSSR count). The van der Waals surface area contributed by atoms with Gasteiger partial charge in [0.1, 0.15) is 5.58 Å². The van der Waals surface area contributed by atoms with Gasteiger partial charge >= 0.3 is 0 Å². The molecule has 5 heteroatoms. The Hall–Kier alpha value is -3.36. The van der Waals surface area contributed by atoms with E-state index in [9.17, 15) is 0 Å². The van der Waals surface area contributed by atoms with Crippen LogP contribution in [0.2, 0.25) is 0 Å². The molecule has 4 nitrogen and oxygen atoms in total. The van der Waals surface area contributed by atoms with Crippen molar-refractivity contribution in [1.29, 1.82) is 0 Å². The van der Waals surface area contributed by atoms with Crippen LogP contribution >= 0.6 is 0 Å². The van der Waals surface area contributed by atoms with Crippen LogP contribution in [0.15, 0.2) is 95.7 Å². The Morgan fingerprint density at radius 1 is 0.853 bits per heavy atom. The standard InChI is InChI=1S/C29H22N3O.Pt/c1-29(2,32-19-18-31(20-32)21-10-4-3-5-11-21)27-17-9-15-25(30-27)24-14-8-13-23-22-12-6-7-16-26(22)33-28(23)24;/h3-10,12-13,15-20H,1-2H3;/q-3;. The van der Waals surface area contributed by atoms with E-state index in [1.807, 2.05) is 60.8 Å². The molecule has 0 radical (unpaired) electrons. The van der Waals surface area contributed by atoms with Crippen molar-refractivity contribution in [1.82, 2.24) is 9.88 Å². The third-order valence-electron chi connectivity index (χ3n) is 6.22. The van der Waals surface area contributed by atoms with E-state index in [4.69, 9.17) is 9.40 Å². The van der Waals surface area contributed by atoms with Gasteiger partial charge in [-0.2, -0.15) is 37.0 Å². The molecule has 1 aliphatic rings. The minimum Gasteiger partial charge on any atom is -0.501 e. The molecule has 0 atom stereocenters. The maximum absolute atomic E-state index is 6.22. The molecule has 0 unspecified atom stereocenters. The first-order chi connectivity index (χ1) is 16.1. The molecule has 0 saturated carbocycles. The molecular weight excluding hydrogens is 601 g/mol. The molecule has 5 aromatic rings. The van der Waals surface area contributed by atoms with Crippen LogP contribution in [0.5, 0.6) is 0 Å². The molecule has 1 aliphatic heterocycles. The molecular formula is C29H22N3OPt-3. The second-order valence-corrected chi connectivity index (χ2v) is 8.64. The van der Waals surface area contributed by atoms with Gasteiger partial charge in [-0.15, -0.1) is 23.9 Å². The summed E-state index contributed by atoms with van der Waals surface area (Å²) < 4.78 is 6.22. The van der Waals surface area contributed by atoms with Gasteiger partial charge in [-0.1, -0.05) is 41.3 Å². The number of furan rings is 1. The van der Waals surface area contributed by atoms with Crippen molar-refractivity contribution < 1.29 is 25.5 Å². The number of rotatable bonds is 4. The van der Waals surface area contributed by atoms with E-state index in [1.54, 1.807) is 0 Å². The van der Waals surface area contributed by atoms with Crippen molar-refractivity contribution in [2.75, 3.05) is 4.90 Å². The summed E-state index contributed by atoms with van der Waals surface area (Å²) in [5, 5.41) is 2.19. The zero-order valence-corrected chi connectivity index (χ0v) is 21.1. The van der Waals surface area contributed by atoms with E-state index in [-0.39, 0.29) is 26.6 Å². The predicted octanol–water partition coefficient (Wildman–Crippen LogP) is 6.89. The molecule has 0 spiro atoms. The van der Waals surface area contributed by atoms with E-state index < -0.39 is 0 Å². The number of anilines is 1. The van der Waals surface area contributed by atoms with Crippen LogP contribution in [0.3, 0.4) is 0 Å². The summed E-state index contributed by atoms with van der Waals surface area (Å²) in [4.78, 5) is 9.30. The minimum atomic E-state index is -0.363.